The van der Waals surface area contributed by atoms with Crippen LogP contribution in [0.15, 0.2) is 95.6 Å². The number of allylic oxidation sites excluding steroid dienone is 2. The predicted molar refractivity (Wildman–Crippen MR) is 186 cm³/mol. The van der Waals surface area contributed by atoms with Gasteiger partial charge in [-0.1, -0.05) is 71.8 Å². The number of rotatable bonds is 1. The Balaban J connectivity index is 1.07. The van der Waals surface area contributed by atoms with Crippen molar-refractivity contribution in [2.45, 2.75) is 80.6 Å². The lowest BCUT2D eigenvalue weighted by molar-refractivity contribution is -0.124. The van der Waals surface area contributed by atoms with Gasteiger partial charge in [0.2, 0.25) is 5.91 Å². The number of anilines is 2. The van der Waals surface area contributed by atoms with Gasteiger partial charge in [-0.25, -0.2) is 0 Å². The van der Waals surface area contributed by atoms with E-state index in [2.05, 4.69) is 106 Å². The van der Waals surface area contributed by atoms with Crippen LogP contribution in [0, 0.1) is 23.7 Å². The molecular weight excluding hydrogens is 592 g/mol. The second-order valence-corrected chi connectivity index (χ2v) is 16.6. The first-order valence-corrected chi connectivity index (χ1v) is 18.6. The minimum Gasteiger partial charge on any atom is -0.304 e. The van der Waals surface area contributed by atoms with Crippen molar-refractivity contribution in [3.05, 3.63) is 107 Å². The van der Waals surface area contributed by atoms with Gasteiger partial charge in [-0.3, -0.25) is 19.4 Å². The molecule has 8 aliphatic heterocycles. The summed E-state index contributed by atoms with van der Waals surface area (Å²) in [4.78, 5) is 39.2. The van der Waals surface area contributed by atoms with Crippen molar-refractivity contribution in [2.24, 2.45) is 23.7 Å². The van der Waals surface area contributed by atoms with Crippen molar-refractivity contribution in [2.75, 3.05) is 29.4 Å². The summed E-state index contributed by atoms with van der Waals surface area (Å²) in [6.07, 6.45) is 15.7. The van der Waals surface area contributed by atoms with Gasteiger partial charge in [-0.15, -0.1) is 0 Å². The zero-order chi connectivity index (χ0) is 31.8. The number of carbonyl (C=O) groups excluding carboxylic acids is 2. The predicted octanol–water partition coefficient (Wildman–Crippen LogP) is 5.51. The van der Waals surface area contributed by atoms with Crippen molar-refractivity contribution in [1.82, 2.24) is 9.80 Å². The molecule has 4 saturated heterocycles. The molecule has 2 aliphatic carbocycles. The van der Waals surface area contributed by atoms with Crippen LogP contribution in [0.2, 0.25) is 0 Å². The van der Waals surface area contributed by atoms with Gasteiger partial charge in [0.1, 0.15) is 0 Å². The van der Waals surface area contributed by atoms with E-state index < -0.39 is 0 Å². The van der Waals surface area contributed by atoms with Gasteiger partial charge in [0.05, 0.1) is 18.0 Å². The number of piperidine rings is 2. The molecule has 2 amide bonds. The number of hydrogen-bond donors (Lipinski definition) is 0. The molecule has 0 aromatic heterocycles. The van der Waals surface area contributed by atoms with Gasteiger partial charge in [-0.05, 0) is 86.9 Å². The molecule has 12 rings (SSSR count). The van der Waals surface area contributed by atoms with E-state index in [1.54, 1.807) is 5.57 Å². The fourth-order valence-corrected chi connectivity index (χ4v) is 14.1. The molecule has 10 aliphatic rings. The zero-order valence-electron chi connectivity index (χ0n) is 27.8. The van der Waals surface area contributed by atoms with Gasteiger partial charge < -0.3 is 9.80 Å². The van der Waals surface area contributed by atoms with Crippen LogP contribution >= 0.6 is 0 Å². The normalized spacial score (nSPS) is 45.5. The van der Waals surface area contributed by atoms with Crippen molar-refractivity contribution in [1.29, 1.82) is 0 Å². The molecule has 2 aromatic carbocycles. The summed E-state index contributed by atoms with van der Waals surface area (Å²) < 4.78 is 0. The van der Waals surface area contributed by atoms with Crippen LogP contribution in [0.3, 0.4) is 0 Å². The summed E-state index contributed by atoms with van der Waals surface area (Å²) >= 11 is 0. The average molecular weight is 635 g/mol. The lowest BCUT2D eigenvalue weighted by atomic mass is 9.54. The summed E-state index contributed by atoms with van der Waals surface area (Å²) in [5, 5.41) is 0. The molecular formula is C42H42N4O2. The maximum atomic E-state index is 15.5. The molecule has 0 radical (unpaired) electrons. The third-order valence-corrected chi connectivity index (χ3v) is 15.6. The monoisotopic (exact) mass is 634 g/mol. The first kappa shape index (κ1) is 27.1. The van der Waals surface area contributed by atoms with E-state index in [1.807, 2.05) is 6.08 Å². The van der Waals surface area contributed by atoms with Crippen LogP contribution in [0.25, 0.3) is 0 Å². The van der Waals surface area contributed by atoms with E-state index >= 15 is 4.79 Å². The molecule has 11 atom stereocenters. The molecule has 2 aromatic rings. The van der Waals surface area contributed by atoms with Gasteiger partial charge in [0, 0.05) is 65.3 Å². The molecule has 2 spiro atoms. The Kier molecular flexibility index (Phi) is 4.91. The van der Waals surface area contributed by atoms with Crippen LogP contribution in [0.4, 0.5) is 11.4 Å². The zero-order valence-corrected chi connectivity index (χ0v) is 27.8. The highest BCUT2D eigenvalue weighted by Crippen LogP contribution is 2.68. The quantitative estimate of drug-likeness (QED) is 0.389. The smallest absolute Gasteiger partial charge is 0.250 e. The average Bonchev–Trinajstić information content (AvgIpc) is 3.85. The van der Waals surface area contributed by atoms with Gasteiger partial charge in [-0.2, -0.15) is 0 Å². The van der Waals surface area contributed by atoms with Crippen LogP contribution in [0.5, 0.6) is 0 Å². The third kappa shape index (κ3) is 2.73. The minimum absolute atomic E-state index is 0.00937. The number of amides is 2. The molecule has 6 heteroatoms. The maximum Gasteiger partial charge on any atom is 0.250 e. The van der Waals surface area contributed by atoms with Gasteiger partial charge in [0.15, 0.2) is 0 Å². The van der Waals surface area contributed by atoms with Crippen molar-refractivity contribution in [3.63, 3.8) is 0 Å². The van der Waals surface area contributed by atoms with Gasteiger partial charge >= 0.3 is 0 Å². The Bertz CT molecular complexity index is 2010. The molecule has 0 N–H and O–H groups in total. The fourth-order valence-electron chi connectivity index (χ4n) is 14.1. The van der Waals surface area contributed by atoms with E-state index in [4.69, 9.17) is 0 Å². The Morgan fingerprint density at radius 1 is 0.833 bits per heavy atom. The highest BCUT2D eigenvalue weighted by molar-refractivity contribution is 6.06. The summed E-state index contributed by atoms with van der Waals surface area (Å²) in [6.45, 7) is 7.51. The first-order chi connectivity index (χ1) is 23.5. The number of para-hydroxylation sites is 2. The summed E-state index contributed by atoms with van der Waals surface area (Å²) in [7, 11) is 0. The maximum absolute atomic E-state index is 15.5. The summed E-state index contributed by atoms with van der Waals surface area (Å²) in [5.74, 6) is 1.35. The Morgan fingerprint density at radius 3 is 2.38 bits per heavy atom. The number of carbonyl (C=O) groups is 2. The molecule has 4 bridgehead atoms. The van der Waals surface area contributed by atoms with Gasteiger partial charge in [0.25, 0.3) is 5.91 Å². The van der Waals surface area contributed by atoms with Crippen LogP contribution in [-0.2, 0) is 20.4 Å². The molecule has 8 heterocycles. The first-order valence-electron chi connectivity index (χ1n) is 18.6. The molecule has 48 heavy (non-hydrogen) atoms. The fraction of sp³-hybridized carbons (Fsp3) is 0.476. The van der Waals surface area contributed by atoms with Crippen LogP contribution in [-0.4, -0.2) is 71.5 Å². The van der Waals surface area contributed by atoms with Crippen molar-refractivity contribution in [3.8, 4) is 0 Å². The SMILES string of the molecule is CC=C1CN2[C@@H](C3C=C4[C@H]5C[C@@H]6N(CC[C@@]67c6ccccc6N(C3=O)[C@@H]47)C/C5=C/C)C[C@]34c5ccccc5N5C(=O)C=C[C@H]([C@H]53)[C@H]1C[C@H]24. The number of fused-ring (bicyclic) bond motifs is 8. The minimum atomic E-state index is -0.210. The van der Waals surface area contributed by atoms with Crippen LogP contribution in [0.1, 0.15) is 50.7 Å². The second kappa shape index (κ2) is 8.70. The van der Waals surface area contributed by atoms with E-state index in [9.17, 15) is 4.79 Å². The largest absolute Gasteiger partial charge is 0.304 e. The highest BCUT2D eigenvalue weighted by atomic mass is 16.2. The number of nitrogens with zero attached hydrogens (tertiary/aromatic N) is 4. The molecule has 6 nitrogen and oxygen atoms in total. The standard InChI is InChI=1S/C42H42N4O2/c1-3-23-21-43-16-15-41-30-9-5-8-12-33(30)46-39(41)28(27(23)18-35(41)43)17-29(40(46)48)34-20-42-31-10-6-7-11-32(31)45-37(47)14-13-25(38(42)45)26-19-36(42)44(34)22-24(26)4-2/h3-14,17,25-27,29,34-36,38-39H,15-16,18-22H2,1-2H3/b23-3-,24-4?/t25-,26-,27-,29?,34+,35-,36-,38-,39-,41+,42+/m0/s1. The molecule has 6 fully saturated rings. The van der Waals surface area contributed by atoms with Crippen molar-refractivity contribution < 1.29 is 9.59 Å². The Labute approximate surface area is 282 Å². The van der Waals surface area contributed by atoms with E-state index in [0.29, 0.717) is 35.7 Å². The topological polar surface area (TPSA) is 47.1 Å². The molecule has 242 valence electrons. The molecule has 1 unspecified atom stereocenters. The number of hydrogen-bond acceptors (Lipinski definition) is 4. The van der Waals surface area contributed by atoms with Crippen LogP contribution < -0.4 is 9.80 Å². The van der Waals surface area contributed by atoms with E-state index in [0.717, 1.165) is 51.0 Å². The van der Waals surface area contributed by atoms with E-state index in [-0.39, 0.29) is 40.8 Å². The second-order valence-electron chi connectivity index (χ2n) is 16.6. The summed E-state index contributed by atoms with van der Waals surface area (Å²) in [5.41, 5.74) is 9.39. The highest BCUT2D eigenvalue weighted by Gasteiger charge is 2.73. The number of benzene rings is 2. The Morgan fingerprint density at radius 2 is 1.58 bits per heavy atom. The molecule has 2 saturated carbocycles. The Hall–Kier alpha value is -3.74. The lowest BCUT2D eigenvalue weighted by Gasteiger charge is -2.57. The lowest BCUT2D eigenvalue weighted by Crippen LogP contribution is -2.66. The van der Waals surface area contributed by atoms with Crippen molar-refractivity contribution >= 4 is 23.2 Å². The van der Waals surface area contributed by atoms with E-state index in [1.165, 1.54) is 28.0 Å². The third-order valence-electron chi connectivity index (χ3n) is 15.6. The summed E-state index contributed by atoms with van der Waals surface area (Å²) in [6, 6.07) is 18.8.